The summed E-state index contributed by atoms with van der Waals surface area (Å²) in [6.45, 7) is 5.41. The minimum absolute atomic E-state index is 0.913. The van der Waals surface area contributed by atoms with Crippen LogP contribution in [0, 0.1) is 0 Å². The zero-order chi connectivity index (χ0) is 5.82. The first-order valence-electron chi connectivity index (χ1n) is 3.14. The third-order valence-corrected chi connectivity index (χ3v) is 1.43. The maximum Gasteiger partial charge on any atom is 0.0905 e. The molecule has 0 unspecified atom stereocenters. The largest absolute Gasteiger partial charge is 0.284 e. The van der Waals surface area contributed by atoms with Gasteiger partial charge in [0.05, 0.1) is 6.67 Å². The van der Waals surface area contributed by atoms with Gasteiger partial charge in [-0.1, -0.05) is 6.92 Å². The Hall–Kier alpha value is -0.370. The van der Waals surface area contributed by atoms with Gasteiger partial charge < -0.3 is 0 Å². The van der Waals surface area contributed by atoms with E-state index in [1.165, 1.54) is 6.54 Å². The topological polar surface area (TPSA) is 15.6 Å². The van der Waals surface area contributed by atoms with Gasteiger partial charge in [-0.05, 0) is 13.0 Å². The summed E-state index contributed by atoms with van der Waals surface area (Å²) in [5, 5.41) is 0. The summed E-state index contributed by atoms with van der Waals surface area (Å²) < 4.78 is 0. The zero-order valence-corrected chi connectivity index (χ0v) is 5.30. The molecule has 0 aliphatic carbocycles. The molecule has 0 atom stereocenters. The molecular weight excluding hydrogens is 100 g/mol. The third kappa shape index (κ3) is 1.30. The van der Waals surface area contributed by atoms with Crippen LogP contribution in [0.1, 0.15) is 13.3 Å². The highest BCUT2D eigenvalue weighted by Gasteiger charge is 2.01. The van der Waals surface area contributed by atoms with Crippen LogP contribution in [0.25, 0.3) is 0 Å². The van der Waals surface area contributed by atoms with E-state index in [0.29, 0.717) is 0 Å². The highest BCUT2D eigenvalue weighted by molar-refractivity contribution is 5.57. The normalized spacial score (nSPS) is 21.6. The zero-order valence-electron chi connectivity index (χ0n) is 5.30. The molecule has 0 bridgehead atoms. The van der Waals surface area contributed by atoms with Crippen LogP contribution in [0.2, 0.25) is 0 Å². The molecule has 0 spiro atoms. The Balaban J connectivity index is 2.27. The van der Waals surface area contributed by atoms with Gasteiger partial charge in [-0.25, -0.2) is 0 Å². The predicted octanol–water partition coefficient (Wildman–Crippen LogP) is 0.740. The lowest BCUT2D eigenvalue weighted by Crippen LogP contribution is -2.27. The highest BCUT2D eigenvalue weighted by atomic mass is 15.2. The first kappa shape index (κ1) is 5.76. The molecule has 8 heavy (non-hydrogen) atoms. The number of hydrogen-bond acceptors (Lipinski definition) is 2. The summed E-state index contributed by atoms with van der Waals surface area (Å²) in [6, 6.07) is 0. The van der Waals surface area contributed by atoms with E-state index in [0.717, 1.165) is 19.6 Å². The maximum absolute atomic E-state index is 4.13. The molecule has 0 saturated heterocycles. The number of rotatable bonds is 1. The fourth-order valence-corrected chi connectivity index (χ4v) is 0.834. The van der Waals surface area contributed by atoms with Crippen LogP contribution in [-0.4, -0.2) is 30.9 Å². The molecule has 0 fully saturated rings. The summed E-state index contributed by atoms with van der Waals surface area (Å²) in [4.78, 5) is 6.45. The van der Waals surface area contributed by atoms with E-state index in [2.05, 4.69) is 16.8 Å². The van der Waals surface area contributed by atoms with Crippen LogP contribution in [0.5, 0.6) is 0 Å². The van der Waals surface area contributed by atoms with Crippen LogP contribution in [0.15, 0.2) is 4.99 Å². The summed E-state index contributed by atoms with van der Waals surface area (Å²) in [7, 11) is 0. The van der Waals surface area contributed by atoms with E-state index in [4.69, 9.17) is 0 Å². The van der Waals surface area contributed by atoms with E-state index >= 15 is 0 Å². The Morgan fingerprint density at radius 2 is 2.62 bits per heavy atom. The standard InChI is InChI=1S/C6H12N2/c1-2-8-5-3-4-7-6-8/h4H,2-3,5-6H2,1H3. The molecule has 0 amide bonds. The Morgan fingerprint density at radius 1 is 1.75 bits per heavy atom. The Kier molecular flexibility index (Phi) is 2.03. The molecule has 1 rings (SSSR count). The van der Waals surface area contributed by atoms with E-state index in [9.17, 15) is 0 Å². The van der Waals surface area contributed by atoms with Crippen molar-refractivity contribution < 1.29 is 0 Å². The lowest BCUT2D eigenvalue weighted by atomic mass is 10.4. The van der Waals surface area contributed by atoms with Gasteiger partial charge in [-0.15, -0.1) is 0 Å². The molecule has 0 aromatic carbocycles. The third-order valence-electron chi connectivity index (χ3n) is 1.43. The van der Waals surface area contributed by atoms with Crippen molar-refractivity contribution in [3.05, 3.63) is 0 Å². The van der Waals surface area contributed by atoms with Gasteiger partial charge in [0.2, 0.25) is 0 Å². The number of hydrogen-bond donors (Lipinski definition) is 0. The Labute approximate surface area is 50.2 Å². The second-order valence-electron chi connectivity index (χ2n) is 2.01. The fraction of sp³-hybridized carbons (Fsp3) is 0.833. The number of nitrogens with zero attached hydrogens (tertiary/aromatic N) is 2. The van der Waals surface area contributed by atoms with E-state index < -0.39 is 0 Å². The van der Waals surface area contributed by atoms with Crippen molar-refractivity contribution in [1.29, 1.82) is 0 Å². The molecule has 2 heteroatoms. The summed E-state index contributed by atoms with van der Waals surface area (Å²) >= 11 is 0. The van der Waals surface area contributed by atoms with Gasteiger partial charge in [0.15, 0.2) is 0 Å². The molecule has 0 saturated carbocycles. The Morgan fingerprint density at radius 3 is 3.00 bits per heavy atom. The molecule has 1 heterocycles. The van der Waals surface area contributed by atoms with Gasteiger partial charge in [0, 0.05) is 12.8 Å². The molecule has 0 aromatic heterocycles. The van der Waals surface area contributed by atoms with Crippen LogP contribution in [0.3, 0.4) is 0 Å². The molecule has 0 aromatic rings. The lowest BCUT2D eigenvalue weighted by molar-refractivity contribution is 0.298. The van der Waals surface area contributed by atoms with Crippen molar-refractivity contribution in [2.75, 3.05) is 19.8 Å². The predicted molar refractivity (Wildman–Crippen MR) is 35.2 cm³/mol. The Bertz CT molecular complexity index is 88.5. The minimum Gasteiger partial charge on any atom is -0.284 e. The number of aliphatic imine (C=N–C) groups is 1. The van der Waals surface area contributed by atoms with Crippen molar-refractivity contribution in [1.82, 2.24) is 4.90 Å². The average molecular weight is 112 g/mol. The summed E-state index contributed by atoms with van der Waals surface area (Å²) in [5.41, 5.74) is 0. The molecule has 0 N–H and O–H groups in total. The van der Waals surface area contributed by atoms with Gasteiger partial charge >= 0.3 is 0 Å². The van der Waals surface area contributed by atoms with Crippen molar-refractivity contribution in [2.24, 2.45) is 4.99 Å². The molecule has 46 valence electrons. The smallest absolute Gasteiger partial charge is 0.0905 e. The van der Waals surface area contributed by atoms with Crippen LogP contribution in [0.4, 0.5) is 0 Å². The van der Waals surface area contributed by atoms with E-state index in [1.807, 2.05) is 6.21 Å². The first-order valence-corrected chi connectivity index (χ1v) is 3.14. The van der Waals surface area contributed by atoms with Crippen molar-refractivity contribution in [2.45, 2.75) is 13.3 Å². The molecular formula is C6H12N2. The first-order chi connectivity index (χ1) is 3.93. The van der Waals surface area contributed by atoms with Gasteiger partial charge in [-0.2, -0.15) is 0 Å². The molecule has 0 radical (unpaired) electrons. The van der Waals surface area contributed by atoms with Gasteiger partial charge in [-0.3, -0.25) is 9.89 Å². The van der Waals surface area contributed by atoms with Crippen LogP contribution >= 0.6 is 0 Å². The lowest BCUT2D eigenvalue weighted by Gasteiger charge is -2.19. The van der Waals surface area contributed by atoms with Crippen molar-refractivity contribution >= 4 is 6.21 Å². The van der Waals surface area contributed by atoms with Crippen LogP contribution < -0.4 is 0 Å². The average Bonchev–Trinajstić information content (AvgIpc) is 1.90. The molecule has 2 nitrogen and oxygen atoms in total. The fourth-order valence-electron chi connectivity index (χ4n) is 0.834. The summed E-state index contributed by atoms with van der Waals surface area (Å²) in [6.07, 6.45) is 3.14. The van der Waals surface area contributed by atoms with E-state index in [1.54, 1.807) is 0 Å². The van der Waals surface area contributed by atoms with Crippen LogP contribution in [-0.2, 0) is 0 Å². The van der Waals surface area contributed by atoms with Crippen molar-refractivity contribution in [3.8, 4) is 0 Å². The highest BCUT2D eigenvalue weighted by Crippen LogP contribution is 1.94. The van der Waals surface area contributed by atoms with E-state index in [-0.39, 0.29) is 0 Å². The monoisotopic (exact) mass is 112 g/mol. The molecule has 1 aliphatic rings. The summed E-state index contributed by atoms with van der Waals surface area (Å²) in [5.74, 6) is 0. The van der Waals surface area contributed by atoms with Gasteiger partial charge in [0.25, 0.3) is 0 Å². The van der Waals surface area contributed by atoms with Crippen molar-refractivity contribution in [3.63, 3.8) is 0 Å². The maximum atomic E-state index is 4.13. The quantitative estimate of drug-likeness (QED) is 0.488. The second kappa shape index (κ2) is 2.82. The SMILES string of the molecule is CCN1CCC=NC1. The second-order valence-corrected chi connectivity index (χ2v) is 2.01. The minimum atomic E-state index is 0.913. The van der Waals surface area contributed by atoms with Gasteiger partial charge in [0.1, 0.15) is 0 Å². The molecule has 1 aliphatic heterocycles.